The summed E-state index contributed by atoms with van der Waals surface area (Å²) in [5.41, 5.74) is -0.694. The molecule has 7 heteroatoms. The van der Waals surface area contributed by atoms with Crippen LogP contribution in [0.25, 0.3) is 0 Å². The highest BCUT2D eigenvalue weighted by atomic mass is 35.5. The number of rotatable bonds is 8. The minimum Gasteiger partial charge on any atom is -0.360 e. The highest BCUT2D eigenvalue weighted by Gasteiger charge is 2.32. The van der Waals surface area contributed by atoms with Crippen molar-refractivity contribution in [3.63, 3.8) is 0 Å². The Morgan fingerprint density at radius 2 is 2.14 bits per heavy atom. The molecule has 0 saturated heterocycles. The van der Waals surface area contributed by atoms with Gasteiger partial charge in [-0.3, -0.25) is 9.59 Å². The minimum atomic E-state index is -0.694. The Kier molecular flexibility index (Phi) is 6.87. The van der Waals surface area contributed by atoms with Gasteiger partial charge >= 0.3 is 0 Å². The molecule has 22 heavy (non-hydrogen) atoms. The average molecular weight is 330 g/mol. The highest BCUT2D eigenvalue weighted by Crippen LogP contribution is 2.21. The number of carbonyl (C=O) groups excluding carboxylic acids is 2. The number of aryl methyl sites for hydroxylation is 1. The van der Waals surface area contributed by atoms with E-state index < -0.39 is 5.41 Å². The van der Waals surface area contributed by atoms with Crippen LogP contribution in [0.4, 0.5) is 5.82 Å². The van der Waals surface area contributed by atoms with Crippen LogP contribution >= 0.6 is 11.6 Å². The number of alkyl halides is 1. The van der Waals surface area contributed by atoms with Crippen molar-refractivity contribution in [2.45, 2.75) is 40.5 Å². The van der Waals surface area contributed by atoms with E-state index in [1.54, 1.807) is 31.7 Å². The Hall–Kier alpha value is -1.56. The molecule has 1 rings (SSSR count). The van der Waals surface area contributed by atoms with Gasteiger partial charge in [-0.2, -0.15) is 0 Å². The van der Waals surface area contributed by atoms with Crippen LogP contribution < -0.4 is 5.32 Å². The monoisotopic (exact) mass is 329 g/mol. The number of nitrogens with zero attached hydrogens (tertiary/aromatic N) is 2. The molecule has 0 radical (unpaired) electrons. The fraction of sp³-hybridized carbons (Fsp3) is 0.667. The van der Waals surface area contributed by atoms with Crippen molar-refractivity contribution < 1.29 is 14.1 Å². The maximum Gasteiger partial charge on any atom is 0.245 e. The van der Waals surface area contributed by atoms with Gasteiger partial charge in [0.05, 0.1) is 12.0 Å². The van der Waals surface area contributed by atoms with Crippen LogP contribution in [-0.2, 0) is 9.59 Å². The maximum absolute atomic E-state index is 12.5. The number of hydrogen-bond acceptors (Lipinski definition) is 4. The zero-order valence-electron chi connectivity index (χ0n) is 13.6. The van der Waals surface area contributed by atoms with Crippen LogP contribution in [0.1, 0.15) is 39.4 Å². The van der Waals surface area contributed by atoms with E-state index in [2.05, 4.69) is 10.5 Å². The van der Waals surface area contributed by atoms with Gasteiger partial charge in [-0.1, -0.05) is 18.5 Å². The molecule has 1 N–H and O–H groups in total. The van der Waals surface area contributed by atoms with Crippen molar-refractivity contribution in [3.05, 3.63) is 11.8 Å². The van der Waals surface area contributed by atoms with E-state index in [1.165, 1.54) is 0 Å². The molecule has 0 saturated carbocycles. The highest BCUT2D eigenvalue weighted by molar-refractivity contribution is 6.19. The van der Waals surface area contributed by atoms with Gasteiger partial charge in [0.15, 0.2) is 5.82 Å². The molecule has 0 fully saturated rings. The van der Waals surface area contributed by atoms with E-state index >= 15 is 0 Å². The maximum atomic E-state index is 12.5. The Morgan fingerprint density at radius 1 is 1.45 bits per heavy atom. The summed E-state index contributed by atoms with van der Waals surface area (Å²) in [5, 5.41) is 6.33. The molecule has 0 bridgehead atoms. The van der Waals surface area contributed by atoms with Crippen molar-refractivity contribution in [2.75, 3.05) is 24.3 Å². The lowest BCUT2D eigenvalue weighted by atomic mass is 9.94. The lowest BCUT2D eigenvalue weighted by Crippen LogP contribution is -2.46. The second-order valence-corrected chi connectivity index (χ2v) is 6.24. The second kappa shape index (κ2) is 8.17. The topological polar surface area (TPSA) is 75.4 Å². The van der Waals surface area contributed by atoms with Gasteiger partial charge in [-0.05, 0) is 27.2 Å². The van der Waals surface area contributed by atoms with Crippen molar-refractivity contribution in [1.82, 2.24) is 10.1 Å². The minimum absolute atomic E-state index is 0.0228. The standard InChI is InChI=1S/C15H24ClN3O3/c1-5-6-7-19(14(21)15(3,4)10-16)9-13(20)17-12-8-11(2)22-18-12/h8H,5-7,9-10H2,1-4H3,(H,17,18,20). The Morgan fingerprint density at radius 3 is 2.64 bits per heavy atom. The van der Waals surface area contributed by atoms with Crippen molar-refractivity contribution in [2.24, 2.45) is 5.41 Å². The van der Waals surface area contributed by atoms with E-state index in [9.17, 15) is 9.59 Å². The van der Waals surface area contributed by atoms with Gasteiger partial charge in [0, 0.05) is 18.5 Å². The quantitative estimate of drug-likeness (QED) is 0.744. The van der Waals surface area contributed by atoms with Crippen LogP contribution in [0.3, 0.4) is 0 Å². The third-order valence-electron chi connectivity index (χ3n) is 3.21. The molecule has 1 aromatic rings. The summed E-state index contributed by atoms with van der Waals surface area (Å²) in [6.07, 6.45) is 1.77. The summed E-state index contributed by atoms with van der Waals surface area (Å²) >= 11 is 5.86. The van der Waals surface area contributed by atoms with E-state index in [-0.39, 0.29) is 24.2 Å². The third-order valence-corrected chi connectivity index (χ3v) is 3.88. The number of hydrogen-bond donors (Lipinski definition) is 1. The molecule has 0 aliphatic heterocycles. The van der Waals surface area contributed by atoms with Gasteiger partial charge in [0.2, 0.25) is 11.8 Å². The molecule has 1 heterocycles. The number of unbranched alkanes of at least 4 members (excludes halogenated alkanes) is 1. The predicted molar refractivity (Wildman–Crippen MR) is 85.9 cm³/mol. The van der Waals surface area contributed by atoms with E-state index in [0.29, 0.717) is 18.1 Å². The first kappa shape index (κ1) is 18.5. The van der Waals surface area contributed by atoms with Crippen LogP contribution in [0.5, 0.6) is 0 Å². The van der Waals surface area contributed by atoms with Crippen molar-refractivity contribution in [3.8, 4) is 0 Å². The van der Waals surface area contributed by atoms with Gasteiger partial charge in [-0.25, -0.2) is 0 Å². The largest absolute Gasteiger partial charge is 0.360 e. The van der Waals surface area contributed by atoms with Gasteiger partial charge < -0.3 is 14.7 Å². The third kappa shape index (κ3) is 5.33. The zero-order chi connectivity index (χ0) is 16.8. The molecule has 2 amide bonds. The molecule has 0 spiro atoms. The molecule has 0 aliphatic carbocycles. The molecule has 1 aromatic heterocycles. The number of halogens is 1. The smallest absolute Gasteiger partial charge is 0.245 e. The Balaban J connectivity index is 2.71. The normalized spacial score (nSPS) is 11.3. The number of nitrogens with one attached hydrogen (secondary N) is 1. The van der Waals surface area contributed by atoms with Crippen LogP contribution in [0.2, 0.25) is 0 Å². The molecule has 124 valence electrons. The number of anilines is 1. The van der Waals surface area contributed by atoms with E-state index in [0.717, 1.165) is 12.8 Å². The Bertz CT molecular complexity index is 514. The first-order valence-electron chi connectivity index (χ1n) is 7.38. The number of amides is 2. The molecular formula is C15H24ClN3O3. The average Bonchev–Trinajstić information content (AvgIpc) is 2.87. The fourth-order valence-corrected chi connectivity index (χ4v) is 1.98. The summed E-state index contributed by atoms with van der Waals surface area (Å²) in [6, 6.07) is 1.62. The predicted octanol–water partition coefficient (Wildman–Crippen LogP) is 2.82. The van der Waals surface area contributed by atoms with Gasteiger partial charge in [0.25, 0.3) is 0 Å². The molecular weight excluding hydrogens is 306 g/mol. The van der Waals surface area contributed by atoms with Gasteiger partial charge in [-0.15, -0.1) is 11.6 Å². The summed E-state index contributed by atoms with van der Waals surface area (Å²) < 4.78 is 4.89. The lowest BCUT2D eigenvalue weighted by Gasteiger charge is -2.30. The molecule has 6 nitrogen and oxygen atoms in total. The van der Waals surface area contributed by atoms with Crippen molar-refractivity contribution >= 4 is 29.2 Å². The first-order valence-corrected chi connectivity index (χ1v) is 7.92. The zero-order valence-corrected chi connectivity index (χ0v) is 14.4. The second-order valence-electron chi connectivity index (χ2n) is 5.97. The molecule has 0 aromatic carbocycles. The van der Waals surface area contributed by atoms with Crippen molar-refractivity contribution in [1.29, 1.82) is 0 Å². The fourth-order valence-electron chi connectivity index (χ4n) is 1.87. The van der Waals surface area contributed by atoms with Crippen LogP contribution in [-0.4, -0.2) is 40.8 Å². The van der Waals surface area contributed by atoms with Crippen LogP contribution in [0.15, 0.2) is 10.6 Å². The SMILES string of the molecule is CCCCN(CC(=O)Nc1cc(C)on1)C(=O)C(C)(C)CCl. The Labute approximate surface area is 136 Å². The molecule has 0 aliphatic rings. The molecule has 0 unspecified atom stereocenters. The number of aromatic nitrogens is 1. The summed E-state index contributed by atoms with van der Waals surface area (Å²) in [6.45, 7) is 7.84. The lowest BCUT2D eigenvalue weighted by molar-refractivity contribution is -0.141. The summed E-state index contributed by atoms with van der Waals surface area (Å²) in [7, 11) is 0. The number of carbonyl (C=O) groups is 2. The summed E-state index contributed by atoms with van der Waals surface area (Å²) in [5.74, 6) is 0.739. The van der Waals surface area contributed by atoms with E-state index in [1.807, 2.05) is 6.92 Å². The van der Waals surface area contributed by atoms with Gasteiger partial charge in [0.1, 0.15) is 5.76 Å². The van der Waals surface area contributed by atoms with E-state index in [4.69, 9.17) is 16.1 Å². The summed E-state index contributed by atoms with van der Waals surface area (Å²) in [4.78, 5) is 26.2. The van der Waals surface area contributed by atoms with Crippen LogP contribution in [0, 0.1) is 12.3 Å². The first-order chi connectivity index (χ1) is 10.3. The molecule has 0 atom stereocenters.